The van der Waals surface area contributed by atoms with Crippen LogP contribution in [0.2, 0.25) is 5.02 Å². The quantitative estimate of drug-likeness (QED) is 0.715. The van der Waals surface area contributed by atoms with Crippen LogP contribution in [0.5, 0.6) is 5.75 Å². The molecule has 3 nitrogen and oxygen atoms in total. The smallest absolute Gasteiger partial charge is 0.410 e. The van der Waals surface area contributed by atoms with Gasteiger partial charge in [-0.05, 0) is 30.7 Å². The minimum absolute atomic E-state index is 0.279. The topological polar surface area (TPSA) is 29.5 Å². The number of amides is 1. The van der Waals surface area contributed by atoms with Crippen LogP contribution in [0, 0.1) is 0 Å². The van der Waals surface area contributed by atoms with E-state index in [0.717, 1.165) is 19.5 Å². The van der Waals surface area contributed by atoms with Gasteiger partial charge in [-0.15, -0.1) is 0 Å². The van der Waals surface area contributed by atoms with Crippen molar-refractivity contribution in [1.29, 1.82) is 0 Å². The van der Waals surface area contributed by atoms with Crippen LogP contribution < -0.4 is 4.74 Å². The number of rotatable bonds is 1. The van der Waals surface area contributed by atoms with Crippen molar-refractivity contribution in [3.05, 3.63) is 29.3 Å². The van der Waals surface area contributed by atoms with Gasteiger partial charge in [0.1, 0.15) is 5.75 Å². The van der Waals surface area contributed by atoms with Gasteiger partial charge in [-0.25, -0.2) is 4.79 Å². The van der Waals surface area contributed by atoms with Crippen molar-refractivity contribution >= 4 is 17.7 Å². The van der Waals surface area contributed by atoms with E-state index in [9.17, 15) is 4.79 Å². The zero-order valence-corrected chi connectivity index (χ0v) is 8.33. The summed E-state index contributed by atoms with van der Waals surface area (Å²) in [6.45, 7) is 1.60. The summed E-state index contributed by atoms with van der Waals surface area (Å²) < 4.78 is 5.10. The normalized spacial score (nSPS) is 14.8. The Balaban J connectivity index is 1.96. The van der Waals surface area contributed by atoms with Crippen molar-refractivity contribution in [2.45, 2.75) is 6.42 Å². The average molecular weight is 212 g/mol. The summed E-state index contributed by atoms with van der Waals surface area (Å²) in [4.78, 5) is 13.0. The van der Waals surface area contributed by atoms with Gasteiger partial charge in [-0.1, -0.05) is 11.6 Å². The first-order chi connectivity index (χ1) is 6.75. The predicted molar refractivity (Wildman–Crippen MR) is 53.7 cm³/mol. The minimum atomic E-state index is -0.279. The predicted octanol–water partition coefficient (Wildman–Crippen LogP) is 2.54. The number of ether oxygens (including phenoxy) is 1. The van der Waals surface area contributed by atoms with Gasteiger partial charge in [0, 0.05) is 18.1 Å². The zero-order chi connectivity index (χ0) is 9.97. The fraction of sp³-hybridized carbons (Fsp3) is 0.300. The molecule has 1 amide bonds. The molecule has 4 heteroatoms. The average Bonchev–Trinajstić information content (AvgIpc) is 2.06. The molecule has 1 aromatic carbocycles. The summed E-state index contributed by atoms with van der Waals surface area (Å²) in [5.74, 6) is 0.534. The van der Waals surface area contributed by atoms with Gasteiger partial charge in [-0.3, -0.25) is 0 Å². The molecule has 1 fully saturated rings. The van der Waals surface area contributed by atoms with Crippen LogP contribution in [0.3, 0.4) is 0 Å². The molecule has 1 aromatic rings. The molecule has 0 aliphatic carbocycles. The molecule has 2 rings (SSSR count). The maximum atomic E-state index is 11.4. The Morgan fingerprint density at radius 2 is 1.93 bits per heavy atom. The summed E-state index contributed by atoms with van der Waals surface area (Å²) >= 11 is 5.70. The van der Waals surface area contributed by atoms with Crippen LogP contribution in [0.15, 0.2) is 24.3 Å². The van der Waals surface area contributed by atoms with Crippen LogP contribution in [0.25, 0.3) is 0 Å². The number of hydrogen-bond donors (Lipinski definition) is 0. The molecule has 0 N–H and O–H groups in total. The Kier molecular flexibility index (Phi) is 2.59. The van der Waals surface area contributed by atoms with Crippen LogP contribution in [-0.4, -0.2) is 24.1 Å². The number of hydrogen-bond acceptors (Lipinski definition) is 2. The molecule has 1 heterocycles. The maximum absolute atomic E-state index is 11.4. The molecule has 0 atom stereocenters. The third kappa shape index (κ3) is 1.99. The summed E-state index contributed by atoms with van der Waals surface area (Å²) in [7, 11) is 0. The molecular weight excluding hydrogens is 202 g/mol. The highest BCUT2D eigenvalue weighted by molar-refractivity contribution is 6.30. The van der Waals surface area contributed by atoms with Gasteiger partial charge in [0.05, 0.1) is 0 Å². The monoisotopic (exact) mass is 211 g/mol. The van der Waals surface area contributed by atoms with Gasteiger partial charge in [0.25, 0.3) is 0 Å². The molecule has 0 radical (unpaired) electrons. The molecule has 0 unspecified atom stereocenters. The largest absolute Gasteiger partial charge is 0.415 e. The van der Waals surface area contributed by atoms with Gasteiger partial charge in [-0.2, -0.15) is 0 Å². The van der Waals surface area contributed by atoms with Crippen molar-refractivity contribution in [2.24, 2.45) is 0 Å². The van der Waals surface area contributed by atoms with E-state index in [4.69, 9.17) is 16.3 Å². The zero-order valence-electron chi connectivity index (χ0n) is 7.57. The Bertz CT molecular complexity index is 332. The highest BCUT2D eigenvalue weighted by atomic mass is 35.5. The lowest BCUT2D eigenvalue weighted by Crippen LogP contribution is -2.43. The van der Waals surface area contributed by atoms with E-state index in [1.165, 1.54) is 0 Å². The summed E-state index contributed by atoms with van der Waals surface area (Å²) in [5, 5.41) is 0.633. The first kappa shape index (κ1) is 9.34. The summed E-state index contributed by atoms with van der Waals surface area (Å²) in [6.07, 6.45) is 0.786. The van der Waals surface area contributed by atoms with Crippen LogP contribution in [0.4, 0.5) is 4.79 Å². The lowest BCUT2D eigenvalue weighted by atomic mass is 10.2. The van der Waals surface area contributed by atoms with E-state index in [2.05, 4.69) is 0 Å². The second-order valence-electron chi connectivity index (χ2n) is 3.16. The standard InChI is InChI=1S/C10H10ClNO2/c11-8-2-4-9(5-3-8)14-10(13)12-6-1-7-12/h2-5H,1,6-7H2. The van der Waals surface area contributed by atoms with Crippen molar-refractivity contribution in [3.8, 4) is 5.75 Å². The van der Waals surface area contributed by atoms with Crippen LogP contribution in [0.1, 0.15) is 6.42 Å². The Labute approximate surface area is 87.2 Å². The minimum Gasteiger partial charge on any atom is -0.410 e. The SMILES string of the molecule is O=C(Oc1ccc(Cl)cc1)N1CCC1. The molecule has 1 aliphatic heterocycles. The van der Waals surface area contributed by atoms with E-state index in [0.29, 0.717) is 10.8 Å². The summed E-state index contributed by atoms with van der Waals surface area (Å²) in [5.41, 5.74) is 0. The van der Waals surface area contributed by atoms with Crippen molar-refractivity contribution < 1.29 is 9.53 Å². The van der Waals surface area contributed by atoms with Crippen molar-refractivity contribution in [2.75, 3.05) is 13.1 Å². The van der Waals surface area contributed by atoms with Gasteiger partial charge in [0.2, 0.25) is 0 Å². The Morgan fingerprint density at radius 1 is 1.29 bits per heavy atom. The Morgan fingerprint density at radius 3 is 2.43 bits per heavy atom. The van der Waals surface area contributed by atoms with E-state index in [-0.39, 0.29) is 6.09 Å². The molecule has 0 aromatic heterocycles. The number of carbonyl (C=O) groups excluding carboxylic acids is 1. The third-order valence-corrected chi connectivity index (χ3v) is 2.39. The van der Waals surface area contributed by atoms with Crippen LogP contribution in [-0.2, 0) is 0 Å². The fourth-order valence-corrected chi connectivity index (χ4v) is 1.29. The Hall–Kier alpha value is -1.22. The number of nitrogens with zero attached hydrogens (tertiary/aromatic N) is 1. The van der Waals surface area contributed by atoms with Crippen LogP contribution >= 0.6 is 11.6 Å². The molecule has 0 saturated carbocycles. The van der Waals surface area contributed by atoms with Crippen molar-refractivity contribution in [3.63, 3.8) is 0 Å². The van der Waals surface area contributed by atoms with Crippen molar-refractivity contribution in [1.82, 2.24) is 4.90 Å². The number of likely N-dealkylation sites (tertiary alicyclic amines) is 1. The number of halogens is 1. The van der Waals surface area contributed by atoms with E-state index in [1.54, 1.807) is 29.2 Å². The molecule has 0 spiro atoms. The van der Waals surface area contributed by atoms with E-state index < -0.39 is 0 Å². The second-order valence-corrected chi connectivity index (χ2v) is 3.60. The molecule has 1 saturated heterocycles. The first-order valence-electron chi connectivity index (χ1n) is 4.48. The van der Waals surface area contributed by atoms with Gasteiger partial charge >= 0.3 is 6.09 Å². The molecule has 14 heavy (non-hydrogen) atoms. The number of carbonyl (C=O) groups is 1. The lowest BCUT2D eigenvalue weighted by molar-refractivity contribution is 0.125. The highest BCUT2D eigenvalue weighted by Crippen LogP contribution is 2.17. The highest BCUT2D eigenvalue weighted by Gasteiger charge is 2.21. The summed E-state index contributed by atoms with van der Waals surface area (Å²) in [6, 6.07) is 6.75. The second kappa shape index (κ2) is 3.88. The third-order valence-electron chi connectivity index (χ3n) is 2.13. The first-order valence-corrected chi connectivity index (χ1v) is 4.86. The van der Waals surface area contributed by atoms with Gasteiger partial charge < -0.3 is 9.64 Å². The molecule has 74 valence electrons. The fourth-order valence-electron chi connectivity index (χ4n) is 1.17. The van der Waals surface area contributed by atoms with Gasteiger partial charge in [0.15, 0.2) is 0 Å². The maximum Gasteiger partial charge on any atom is 0.415 e. The van der Waals surface area contributed by atoms with E-state index >= 15 is 0 Å². The number of benzene rings is 1. The lowest BCUT2D eigenvalue weighted by Gasteiger charge is -2.29. The molecular formula is C10H10ClNO2. The molecule has 1 aliphatic rings. The molecule has 0 bridgehead atoms. The van der Waals surface area contributed by atoms with E-state index in [1.807, 2.05) is 0 Å².